The molecule has 0 bridgehead atoms. The molecule has 1 amide bonds. The smallest absolute Gasteiger partial charge is 0.234 e. The van der Waals surface area contributed by atoms with Crippen LogP contribution in [0.4, 0.5) is 5.69 Å². The molecule has 0 saturated heterocycles. The Morgan fingerprint density at radius 3 is 2.83 bits per heavy atom. The van der Waals surface area contributed by atoms with Crippen molar-refractivity contribution in [1.29, 1.82) is 5.26 Å². The topological polar surface area (TPSA) is 96.7 Å². The number of hydrogen-bond acceptors (Lipinski definition) is 6. The van der Waals surface area contributed by atoms with Crippen LogP contribution in [0.5, 0.6) is 0 Å². The van der Waals surface area contributed by atoms with Gasteiger partial charge in [-0.15, -0.1) is 10.2 Å². The molecule has 0 radical (unpaired) electrons. The second kappa shape index (κ2) is 8.43. The van der Waals surface area contributed by atoms with E-state index >= 15 is 0 Å². The molecular weight excluding hydrogens is 398 g/mol. The van der Waals surface area contributed by atoms with E-state index in [1.165, 1.54) is 11.8 Å². The summed E-state index contributed by atoms with van der Waals surface area (Å²) in [5.74, 6) is 0.756. The minimum Gasteiger partial charge on any atom is -0.443 e. The first-order valence-corrected chi connectivity index (χ1v) is 10.4. The molecule has 7 nitrogen and oxygen atoms in total. The third-order valence-corrected chi connectivity index (χ3v) is 5.57. The fraction of sp³-hybridized carbons (Fsp3) is 0.182. The molecule has 1 N–H and O–H groups in total. The van der Waals surface area contributed by atoms with Gasteiger partial charge in [0.25, 0.3) is 0 Å². The second-order valence-corrected chi connectivity index (χ2v) is 7.61. The van der Waals surface area contributed by atoms with Crippen molar-refractivity contribution >= 4 is 34.3 Å². The number of amides is 1. The van der Waals surface area contributed by atoms with Gasteiger partial charge >= 0.3 is 0 Å². The first-order valence-electron chi connectivity index (χ1n) is 9.45. The minimum atomic E-state index is -0.245. The molecule has 0 fully saturated rings. The Bertz CT molecular complexity index is 1270. The van der Waals surface area contributed by atoms with Crippen LogP contribution in [0.25, 0.3) is 22.4 Å². The van der Waals surface area contributed by atoms with E-state index in [0.717, 1.165) is 17.0 Å². The van der Waals surface area contributed by atoms with Gasteiger partial charge in [0.1, 0.15) is 17.3 Å². The summed E-state index contributed by atoms with van der Waals surface area (Å²) in [7, 11) is 0. The molecule has 2 heterocycles. The quantitative estimate of drug-likeness (QED) is 0.460. The summed E-state index contributed by atoms with van der Waals surface area (Å²) in [6.07, 6.45) is 0. The SMILES string of the molecule is CCn1c(SCC(=O)Nc2c(C#N)oc3ccccc23)nnc1-c1cccc(C)c1. The molecule has 0 aliphatic heterocycles. The van der Waals surface area contributed by atoms with Crippen LogP contribution in [-0.4, -0.2) is 26.4 Å². The van der Waals surface area contributed by atoms with Crippen molar-refractivity contribution in [2.24, 2.45) is 0 Å². The molecule has 30 heavy (non-hydrogen) atoms. The third-order valence-electron chi connectivity index (χ3n) is 4.60. The molecule has 0 aliphatic rings. The Morgan fingerprint density at radius 2 is 2.07 bits per heavy atom. The van der Waals surface area contributed by atoms with Gasteiger partial charge in [-0.3, -0.25) is 4.79 Å². The molecule has 4 rings (SSSR count). The summed E-state index contributed by atoms with van der Waals surface area (Å²) in [6, 6.07) is 17.3. The van der Waals surface area contributed by atoms with Crippen LogP contribution in [0.1, 0.15) is 18.2 Å². The molecule has 4 aromatic rings. The van der Waals surface area contributed by atoms with Gasteiger partial charge in [0, 0.05) is 17.5 Å². The maximum atomic E-state index is 12.6. The highest BCUT2D eigenvalue weighted by molar-refractivity contribution is 7.99. The normalized spacial score (nSPS) is 10.8. The largest absolute Gasteiger partial charge is 0.443 e. The number of furan rings is 1. The van der Waals surface area contributed by atoms with E-state index in [0.29, 0.717) is 28.4 Å². The molecule has 150 valence electrons. The lowest BCUT2D eigenvalue weighted by Gasteiger charge is -2.08. The summed E-state index contributed by atoms with van der Waals surface area (Å²) in [5.41, 5.74) is 3.10. The third kappa shape index (κ3) is 3.80. The fourth-order valence-corrected chi connectivity index (χ4v) is 4.03. The average molecular weight is 417 g/mol. The average Bonchev–Trinajstić information content (AvgIpc) is 3.33. The van der Waals surface area contributed by atoms with E-state index in [-0.39, 0.29) is 17.4 Å². The minimum absolute atomic E-state index is 0.0907. The summed E-state index contributed by atoms with van der Waals surface area (Å²) < 4.78 is 7.49. The number of aryl methyl sites for hydroxylation is 1. The lowest BCUT2D eigenvalue weighted by atomic mass is 10.1. The molecule has 0 aliphatic carbocycles. The van der Waals surface area contributed by atoms with Gasteiger partial charge in [-0.2, -0.15) is 5.26 Å². The number of fused-ring (bicyclic) bond motifs is 1. The monoisotopic (exact) mass is 417 g/mol. The fourth-order valence-electron chi connectivity index (χ4n) is 3.23. The van der Waals surface area contributed by atoms with Gasteiger partial charge in [0.2, 0.25) is 11.7 Å². The number of carbonyl (C=O) groups excluding carboxylic acids is 1. The number of benzene rings is 2. The van der Waals surface area contributed by atoms with Crippen molar-refractivity contribution in [3.8, 4) is 17.5 Å². The number of rotatable bonds is 6. The van der Waals surface area contributed by atoms with Gasteiger partial charge in [-0.1, -0.05) is 47.7 Å². The maximum Gasteiger partial charge on any atom is 0.234 e. The second-order valence-electron chi connectivity index (χ2n) is 6.67. The summed E-state index contributed by atoms with van der Waals surface area (Å²) in [4.78, 5) is 12.6. The number of carbonyl (C=O) groups is 1. The number of thioether (sulfide) groups is 1. The van der Waals surface area contributed by atoms with Crippen LogP contribution in [0.2, 0.25) is 0 Å². The predicted molar refractivity (Wildman–Crippen MR) is 116 cm³/mol. The molecular formula is C22H19N5O2S. The van der Waals surface area contributed by atoms with E-state index < -0.39 is 0 Å². The maximum absolute atomic E-state index is 12.6. The zero-order valence-electron chi connectivity index (χ0n) is 16.5. The van der Waals surface area contributed by atoms with Crippen molar-refractivity contribution in [3.63, 3.8) is 0 Å². The first kappa shape index (κ1) is 19.7. The lowest BCUT2D eigenvalue weighted by Crippen LogP contribution is -2.15. The van der Waals surface area contributed by atoms with E-state index in [9.17, 15) is 10.1 Å². The van der Waals surface area contributed by atoms with Gasteiger partial charge in [-0.05, 0) is 32.0 Å². The van der Waals surface area contributed by atoms with Crippen LogP contribution in [-0.2, 0) is 11.3 Å². The van der Waals surface area contributed by atoms with Crippen LogP contribution in [0.3, 0.4) is 0 Å². The number of nitrogens with one attached hydrogen (secondary N) is 1. The van der Waals surface area contributed by atoms with Gasteiger partial charge in [0.15, 0.2) is 11.0 Å². The summed E-state index contributed by atoms with van der Waals surface area (Å²) >= 11 is 1.30. The van der Waals surface area contributed by atoms with E-state index in [2.05, 4.69) is 21.6 Å². The standard InChI is InChI=1S/C22H19N5O2S/c1-3-27-21(15-8-6-7-14(2)11-15)25-26-22(27)30-13-19(28)24-20-16-9-4-5-10-17(16)29-18(20)12-23/h4-11H,3,13H2,1-2H3,(H,24,28). The molecule has 0 unspecified atom stereocenters. The van der Waals surface area contributed by atoms with Gasteiger partial charge in [-0.25, -0.2) is 0 Å². The summed E-state index contributed by atoms with van der Waals surface area (Å²) in [6.45, 7) is 4.74. The molecule has 8 heteroatoms. The van der Waals surface area contributed by atoms with Crippen molar-refractivity contribution in [2.45, 2.75) is 25.5 Å². The molecule has 2 aromatic carbocycles. The van der Waals surface area contributed by atoms with E-state index in [1.54, 1.807) is 6.07 Å². The number of nitriles is 1. The van der Waals surface area contributed by atoms with Crippen LogP contribution >= 0.6 is 11.8 Å². The predicted octanol–water partition coefficient (Wildman–Crippen LogP) is 4.62. The zero-order valence-corrected chi connectivity index (χ0v) is 17.4. The Balaban J connectivity index is 1.51. The molecule has 2 aromatic heterocycles. The Hall–Kier alpha value is -3.57. The van der Waals surface area contributed by atoms with Crippen LogP contribution < -0.4 is 5.32 Å². The number of nitrogens with zero attached hydrogens (tertiary/aromatic N) is 4. The highest BCUT2D eigenvalue weighted by atomic mass is 32.2. The lowest BCUT2D eigenvalue weighted by molar-refractivity contribution is -0.113. The van der Waals surface area contributed by atoms with E-state index in [1.807, 2.05) is 60.9 Å². The van der Waals surface area contributed by atoms with Crippen molar-refractivity contribution in [1.82, 2.24) is 14.8 Å². The van der Waals surface area contributed by atoms with Crippen molar-refractivity contribution < 1.29 is 9.21 Å². The van der Waals surface area contributed by atoms with Gasteiger partial charge in [0.05, 0.1) is 5.75 Å². The van der Waals surface area contributed by atoms with Gasteiger partial charge < -0.3 is 14.3 Å². The van der Waals surface area contributed by atoms with Crippen LogP contribution in [0, 0.1) is 18.3 Å². The Kier molecular flexibility index (Phi) is 5.55. The Morgan fingerprint density at radius 1 is 1.23 bits per heavy atom. The number of aromatic nitrogens is 3. The van der Waals surface area contributed by atoms with Crippen molar-refractivity contribution in [2.75, 3.05) is 11.1 Å². The molecule has 0 atom stereocenters. The number of hydrogen-bond donors (Lipinski definition) is 1. The molecule has 0 saturated carbocycles. The van der Waals surface area contributed by atoms with Crippen molar-refractivity contribution in [3.05, 3.63) is 59.9 Å². The zero-order chi connectivity index (χ0) is 21.1. The molecule has 0 spiro atoms. The first-order chi connectivity index (χ1) is 14.6. The number of anilines is 1. The highest BCUT2D eigenvalue weighted by Crippen LogP contribution is 2.31. The van der Waals surface area contributed by atoms with E-state index in [4.69, 9.17) is 4.42 Å². The Labute approximate surface area is 177 Å². The van der Waals surface area contributed by atoms with Crippen LogP contribution in [0.15, 0.2) is 58.1 Å². The summed E-state index contributed by atoms with van der Waals surface area (Å²) in [5, 5.41) is 22.1. The number of para-hydroxylation sites is 1. The highest BCUT2D eigenvalue weighted by Gasteiger charge is 2.18.